The summed E-state index contributed by atoms with van der Waals surface area (Å²) in [7, 11) is 0. The third-order valence-electron chi connectivity index (χ3n) is 5.38. The minimum atomic E-state index is -0.135. The van der Waals surface area contributed by atoms with Crippen molar-refractivity contribution in [3.8, 4) is 0 Å². The molecule has 1 aromatic carbocycles. The van der Waals surface area contributed by atoms with Crippen LogP contribution in [0.2, 0.25) is 0 Å². The second-order valence-electron chi connectivity index (χ2n) is 7.27. The molecule has 0 unspecified atom stereocenters. The van der Waals surface area contributed by atoms with Crippen molar-refractivity contribution in [1.29, 1.82) is 0 Å². The monoisotopic (exact) mass is 372 g/mol. The molecule has 0 atom stereocenters. The quantitative estimate of drug-likeness (QED) is 0.734. The summed E-state index contributed by atoms with van der Waals surface area (Å²) in [6, 6.07) is 8.37. The molecule has 2 heterocycles. The van der Waals surface area contributed by atoms with Gasteiger partial charge in [0.05, 0.1) is 0 Å². The Balaban J connectivity index is 1.45. The molecule has 0 saturated carbocycles. The Morgan fingerprint density at radius 2 is 1.33 bits per heavy atom. The van der Waals surface area contributed by atoms with Crippen LogP contribution in [0.25, 0.3) is 0 Å². The van der Waals surface area contributed by atoms with Crippen LogP contribution in [0, 0.1) is 6.92 Å². The topological polar surface area (TPSA) is 64.2 Å². The first-order valence-electron chi connectivity index (χ1n) is 9.57. The van der Waals surface area contributed by atoms with Gasteiger partial charge >= 0.3 is 0 Å². The van der Waals surface area contributed by atoms with Crippen LogP contribution in [-0.2, 0) is 14.4 Å². The van der Waals surface area contributed by atoms with Gasteiger partial charge in [0.1, 0.15) is 6.42 Å². The van der Waals surface area contributed by atoms with Crippen LogP contribution in [0.1, 0.15) is 18.9 Å². The summed E-state index contributed by atoms with van der Waals surface area (Å²) in [5.74, 6) is -0.202. The first-order chi connectivity index (χ1) is 12.9. The van der Waals surface area contributed by atoms with Crippen molar-refractivity contribution in [1.82, 2.24) is 14.7 Å². The number of carbonyl (C=O) groups excluding carboxylic acids is 3. The molecule has 0 N–H and O–H groups in total. The van der Waals surface area contributed by atoms with Crippen molar-refractivity contribution in [2.24, 2.45) is 0 Å². The van der Waals surface area contributed by atoms with Gasteiger partial charge in [0.2, 0.25) is 17.7 Å². The lowest BCUT2D eigenvalue weighted by Gasteiger charge is -2.37. The summed E-state index contributed by atoms with van der Waals surface area (Å²) >= 11 is 0. The van der Waals surface area contributed by atoms with Gasteiger partial charge in [-0.05, 0) is 24.6 Å². The summed E-state index contributed by atoms with van der Waals surface area (Å²) in [5, 5.41) is 0. The number of carbonyl (C=O) groups is 3. The van der Waals surface area contributed by atoms with Crippen LogP contribution in [0.5, 0.6) is 0 Å². The molecule has 0 aromatic heterocycles. The molecule has 27 heavy (non-hydrogen) atoms. The van der Waals surface area contributed by atoms with E-state index < -0.39 is 0 Å². The van der Waals surface area contributed by atoms with Crippen molar-refractivity contribution in [2.75, 3.05) is 57.3 Å². The Kier molecular flexibility index (Phi) is 5.98. The van der Waals surface area contributed by atoms with E-state index in [-0.39, 0.29) is 24.1 Å². The van der Waals surface area contributed by atoms with Gasteiger partial charge in [0.25, 0.3) is 0 Å². The maximum absolute atomic E-state index is 12.5. The predicted molar refractivity (Wildman–Crippen MR) is 103 cm³/mol. The first-order valence-corrected chi connectivity index (χ1v) is 9.57. The van der Waals surface area contributed by atoms with E-state index in [1.54, 1.807) is 14.7 Å². The molecule has 0 radical (unpaired) electrons. The molecule has 7 heteroatoms. The second-order valence-corrected chi connectivity index (χ2v) is 7.27. The molecule has 0 aliphatic carbocycles. The van der Waals surface area contributed by atoms with Gasteiger partial charge < -0.3 is 19.6 Å². The molecule has 146 valence electrons. The molecule has 0 spiro atoms. The zero-order chi connectivity index (χ0) is 19.4. The maximum Gasteiger partial charge on any atom is 0.232 e. The molecular weight excluding hydrogens is 344 g/mol. The van der Waals surface area contributed by atoms with E-state index in [1.807, 2.05) is 6.07 Å². The third-order valence-corrected chi connectivity index (χ3v) is 5.38. The van der Waals surface area contributed by atoms with Gasteiger partial charge in [-0.15, -0.1) is 0 Å². The van der Waals surface area contributed by atoms with Crippen molar-refractivity contribution in [3.63, 3.8) is 0 Å². The second kappa shape index (κ2) is 8.41. The number of piperazine rings is 2. The smallest absolute Gasteiger partial charge is 0.232 e. The van der Waals surface area contributed by atoms with Crippen LogP contribution in [0.3, 0.4) is 0 Å². The van der Waals surface area contributed by atoms with Gasteiger partial charge in [0, 0.05) is 65.0 Å². The molecular formula is C20H28N4O3. The maximum atomic E-state index is 12.5. The predicted octanol–water partition coefficient (Wildman–Crippen LogP) is 0.724. The summed E-state index contributed by atoms with van der Waals surface area (Å²) in [5.41, 5.74) is 2.41. The SMILES string of the molecule is CC(=O)N1CCN(C(=O)CC(=O)N2CCN(c3cccc(C)c3)CC2)CC1. The van der Waals surface area contributed by atoms with E-state index >= 15 is 0 Å². The highest BCUT2D eigenvalue weighted by atomic mass is 16.2. The van der Waals surface area contributed by atoms with Gasteiger partial charge in [-0.1, -0.05) is 12.1 Å². The lowest BCUT2D eigenvalue weighted by molar-refractivity contribution is -0.144. The molecule has 1 aromatic rings. The summed E-state index contributed by atoms with van der Waals surface area (Å²) in [4.78, 5) is 43.8. The Hall–Kier alpha value is -2.57. The van der Waals surface area contributed by atoms with Crippen LogP contribution in [0.4, 0.5) is 5.69 Å². The fourth-order valence-electron chi connectivity index (χ4n) is 3.66. The normalized spacial score (nSPS) is 17.9. The summed E-state index contributed by atoms with van der Waals surface area (Å²) in [6.45, 7) is 8.55. The number of rotatable bonds is 3. The van der Waals surface area contributed by atoms with Gasteiger partial charge in [-0.25, -0.2) is 0 Å². The number of hydrogen-bond donors (Lipinski definition) is 0. The van der Waals surface area contributed by atoms with Crippen molar-refractivity contribution < 1.29 is 14.4 Å². The third kappa shape index (κ3) is 4.78. The minimum absolute atomic E-state index is 0.0321. The largest absolute Gasteiger partial charge is 0.368 e. The molecule has 3 amide bonds. The standard InChI is InChI=1S/C20H28N4O3/c1-16-4-3-5-18(14-16)22-8-12-24(13-9-22)20(27)15-19(26)23-10-6-21(7-11-23)17(2)25/h3-5,14H,6-13,15H2,1-2H3. The molecule has 7 nitrogen and oxygen atoms in total. The molecule has 2 fully saturated rings. The first kappa shape index (κ1) is 19.2. The lowest BCUT2D eigenvalue weighted by Crippen LogP contribution is -2.52. The van der Waals surface area contributed by atoms with E-state index in [9.17, 15) is 14.4 Å². The van der Waals surface area contributed by atoms with Gasteiger partial charge in [0.15, 0.2) is 0 Å². The van der Waals surface area contributed by atoms with E-state index in [0.717, 1.165) is 13.1 Å². The van der Waals surface area contributed by atoms with Crippen molar-refractivity contribution in [2.45, 2.75) is 20.3 Å². The number of hydrogen-bond acceptors (Lipinski definition) is 4. The van der Waals surface area contributed by atoms with E-state index in [4.69, 9.17) is 0 Å². The Bertz CT molecular complexity index is 705. The van der Waals surface area contributed by atoms with Crippen molar-refractivity contribution in [3.05, 3.63) is 29.8 Å². The zero-order valence-corrected chi connectivity index (χ0v) is 16.2. The Labute approximate surface area is 160 Å². The average Bonchev–Trinajstić information content (AvgIpc) is 2.68. The summed E-state index contributed by atoms with van der Waals surface area (Å²) in [6.07, 6.45) is -0.0789. The Morgan fingerprint density at radius 1 is 0.815 bits per heavy atom. The summed E-state index contributed by atoms with van der Waals surface area (Å²) < 4.78 is 0. The van der Waals surface area contributed by atoms with Crippen molar-refractivity contribution >= 4 is 23.4 Å². The Morgan fingerprint density at radius 3 is 1.85 bits per heavy atom. The lowest BCUT2D eigenvalue weighted by atomic mass is 10.2. The number of benzene rings is 1. The van der Waals surface area contributed by atoms with E-state index in [1.165, 1.54) is 18.2 Å². The fraction of sp³-hybridized carbons (Fsp3) is 0.550. The minimum Gasteiger partial charge on any atom is -0.368 e. The van der Waals surface area contributed by atoms with E-state index in [0.29, 0.717) is 39.3 Å². The highest BCUT2D eigenvalue weighted by Crippen LogP contribution is 2.18. The van der Waals surface area contributed by atoms with Crippen LogP contribution >= 0.6 is 0 Å². The molecule has 3 rings (SSSR count). The molecule has 0 bridgehead atoms. The van der Waals surface area contributed by atoms with Gasteiger partial charge in [-0.3, -0.25) is 14.4 Å². The highest BCUT2D eigenvalue weighted by molar-refractivity contribution is 5.97. The molecule has 2 aliphatic rings. The average molecular weight is 372 g/mol. The van der Waals surface area contributed by atoms with Crippen LogP contribution in [-0.4, -0.2) is 84.8 Å². The number of nitrogens with zero attached hydrogens (tertiary/aromatic N) is 4. The number of aryl methyl sites for hydroxylation is 1. The van der Waals surface area contributed by atoms with Gasteiger partial charge in [-0.2, -0.15) is 0 Å². The zero-order valence-electron chi connectivity index (χ0n) is 16.2. The van der Waals surface area contributed by atoms with Crippen LogP contribution < -0.4 is 4.90 Å². The highest BCUT2D eigenvalue weighted by Gasteiger charge is 2.27. The van der Waals surface area contributed by atoms with E-state index in [2.05, 4.69) is 30.0 Å². The molecule has 2 aliphatic heterocycles. The molecule has 2 saturated heterocycles. The van der Waals surface area contributed by atoms with Crippen LogP contribution in [0.15, 0.2) is 24.3 Å². The fourth-order valence-corrected chi connectivity index (χ4v) is 3.66. The number of anilines is 1. The number of amides is 3.